The minimum atomic E-state index is -0.510. The van der Waals surface area contributed by atoms with Gasteiger partial charge in [0.25, 0.3) is 0 Å². The van der Waals surface area contributed by atoms with E-state index in [2.05, 4.69) is 5.32 Å². The highest BCUT2D eigenvalue weighted by molar-refractivity contribution is 5.98. The lowest BCUT2D eigenvalue weighted by molar-refractivity contribution is -0.116. The summed E-state index contributed by atoms with van der Waals surface area (Å²) >= 11 is 0. The Bertz CT molecular complexity index is 802. The van der Waals surface area contributed by atoms with E-state index in [4.69, 9.17) is 15.2 Å². The molecular weight excluding hydrogens is 308 g/mol. The number of nitrogens with one attached hydrogen (secondary N) is 1. The SMILES string of the molecule is Cc1c(NC(=O)CCc2ccc3c(c2)OCO3)cccc1C(N)=O. The Morgan fingerprint density at radius 2 is 1.96 bits per heavy atom. The van der Waals surface area contributed by atoms with E-state index in [-0.39, 0.29) is 12.7 Å². The van der Waals surface area contributed by atoms with Crippen molar-refractivity contribution in [3.8, 4) is 11.5 Å². The summed E-state index contributed by atoms with van der Waals surface area (Å²) in [6.07, 6.45) is 0.900. The second-order valence-electron chi connectivity index (χ2n) is 5.58. The monoisotopic (exact) mass is 326 g/mol. The van der Waals surface area contributed by atoms with Crippen molar-refractivity contribution in [1.29, 1.82) is 0 Å². The van der Waals surface area contributed by atoms with Crippen LogP contribution in [0.15, 0.2) is 36.4 Å². The van der Waals surface area contributed by atoms with Crippen molar-refractivity contribution < 1.29 is 19.1 Å². The fraction of sp³-hybridized carbons (Fsp3) is 0.222. The Labute approximate surface area is 139 Å². The number of amides is 2. The summed E-state index contributed by atoms with van der Waals surface area (Å²) in [6.45, 7) is 1.99. The molecule has 3 N–H and O–H groups in total. The van der Waals surface area contributed by atoms with Gasteiger partial charge in [-0.25, -0.2) is 0 Å². The molecule has 2 aromatic carbocycles. The molecular formula is C18H18N2O4. The molecule has 1 aliphatic heterocycles. The first-order chi connectivity index (χ1) is 11.5. The second kappa shape index (κ2) is 6.62. The number of hydrogen-bond donors (Lipinski definition) is 2. The van der Waals surface area contributed by atoms with Crippen LogP contribution in [0.3, 0.4) is 0 Å². The zero-order chi connectivity index (χ0) is 17.1. The third-order valence-electron chi connectivity index (χ3n) is 3.95. The van der Waals surface area contributed by atoms with Crippen LogP contribution in [-0.4, -0.2) is 18.6 Å². The Hall–Kier alpha value is -3.02. The fourth-order valence-electron chi connectivity index (χ4n) is 2.61. The highest BCUT2D eigenvalue weighted by Crippen LogP contribution is 2.32. The number of hydrogen-bond acceptors (Lipinski definition) is 4. The summed E-state index contributed by atoms with van der Waals surface area (Å²) in [5.74, 6) is 0.793. The first kappa shape index (κ1) is 15.9. The first-order valence-corrected chi connectivity index (χ1v) is 7.62. The van der Waals surface area contributed by atoms with Gasteiger partial charge >= 0.3 is 0 Å². The van der Waals surface area contributed by atoms with Crippen LogP contribution in [0.25, 0.3) is 0 Å². The molecule has 0 spiro atoms. The van der Waals surface area contributed by atoms with Crippen molar-refractivity contribution in [2.24, 2.45) is 5.73 Å². The molecule has 124 valence electrons. The number of carbonyl (C=O) groups excluding carboxylic acids is 2. The normalized spacial score (nSPS) is 12.0. The van der Waals surface area contributed by atoms with Gasteiger partial charge in [0.1, 0.15) is 0 Å². The Morgan fingerprint density at radius 1 is 1.17 bits per heavy atom. The van der Waals surface area contributed by atoms with E-state index in [0.717, 1.165) is 11.3 Å². The van der Waals surface area contributed by atoms with E-state index in [1.165, 1.54) is 0 Å². The Balaban J connectivity index is 1.62. The number of anilines is 1. The Morgan fingerprint density at radius 3 is 2.75 bits per heavy atom. The smallest absolute Gasteiger partial charge is 0.249 e. The van der Waals surface area contributed by atoms with Crippen molar-refractivity contribution >= 4 is 17.5 Å². The summed E-state index contributed by atoms with van der Waals surface area (Å²) in [6, 6.07) is 10.7. The van der Waals surface area contributed by atoms with Gasteiger partial charge in [-0.15, -0.1) is 0 Å². The molecule has 0 radical (unpaired) electrons. The van der Waals surface area contributed by atoms with Crippen molar-refractivity contribution in [3.63, 3.8) is 0 Å². The van der Waals surface area contributed by atoms with E-state index in [1.807, 2.05) is 18.2 Å². The number of rotatable bonds is 5. The molecule has 1 heterocycles. The van der Waals surface area contributed by atoms with Gasteiger partial charge < -0.3 is 20.5 Å². The highest BCUT2D eigenvalue weighted by atomic mass is 16.7. The second-order valence-corrected chi connectivity index (χ2v) is 5.58. The molecule has 0 bridgehead atoms. The predicted molar refractivity (Wildman–Crippen MR) is 89.2 cm³/mol. The van der Waals surface area contributed by atoms with Crippen molar-refractivity contribution in [1.82, 2.24) is 0 Å². The van der Waals surface area contributed by atoms with Crippen LogP contribution in [0.2, 0.25) is 0 Å². The minimum Gasteiger partial charge on any atom is -0.454 e. The van der Waals surface area contributed by atoms with Crippen LogP contribution in [0.4, 0.5) is 5.69 Å². The maximum atomic E-state index is 12.2. The summed E-state index contributed by atoms with van der Waals surface area (Å²) < 4.78 is 10.6. The quantitative estimate of drug-likeness (QED) is 0.882. The Kier molecular flexibility index (Phi) is 4.37. The standard InChI is InChI=1S/C18H18N2O4/c1-11-13(18(19)22)3-2-4-14(11)20-17(21)8-6-12-5-7-15-16(9-12)24-10-23-15/h2-5,7,9H,6,8,10H2,1H3,(H2,19,22)(H,20,21). The summed E-state index contributed by atoms with van der Waals surface area (Å²) in [5.41, 5.74) is 7.99. The fourth-order valence-corrected chi connectivity index (χ4v) is 2.61. The van der Waals surface area contributed by atoms with Gasteiger partial charge in [0.05, 0.1) is 0 Å². The zero-order valence-corrected chi connectivity index (χ0v) is 13.3. The zero-order valence-electron chi connectivity index (χ0n) is 13.3. The van der Waals surface area contributed by atoms with Crippen molar-refractivity contribution in [2.75, 3.05) is 12.1 Å². The van der Waals surface area contributed by atoms with E-state index < -0.39 is 5.91 Å². The molecule has 1 aliphatic rings. The molecule has 0 unspecified atom stereocenters. The van der Waals surface area contributed by atoms with Crippen molar-refractivity contribution in [3.05, 3.63) is 53.1 Å². The third-order valence-corrected chi connectivity index (χ3v) is 3.95. The molecule has 2 amide bonds. The van der Waals surface area contributed by atoms with Gasteiger partial charge in [-0.1, -0.05) is 12.1 Å². The maximum Gasteiger partial charge on any atom is 0.249 e. The van der Waals surface area contributed by atoms with Gasteiger partial charge in [0, 0.05) is 17.7 Å². The molecule has 0 saturated carbocycles. The van der Waals surface area contributed by atoms with Crippen LogP contribution < -0.4 is 20.5 Å². The van der Waals surface area contributed by atoms with Gasteiger partial charge in [0.2, 0.25) is 18.6 Å². The summed E-state index contributed by atoms with van der Waals surface area (Å²) in [4.78, 5) is 23.5. The molecule has 0 atom stereocenters. The maximum absolute atomic E-state index is 12.2. The van der Waals surface area contributed by atoms with Gasteiger partial charge in [-0.05, 0) is 48.7 Å². The lowest BCUT2D eigenvalue weighted by atomic mass is 10.1. The number of fused-ring (bicyclic) bond motifs is 1. The average Bonchev–Trinajstić information content (AvgIpc) is 3.02. The van der Waals surface area contributed by atoms with Gasteiger partial charge in [-0.3, -0.25) is 9.59 Å². The van der Waals surface area contributed by atoms with E-state index in [0.29, 0.717) is 35.4 Å². The molecule has 0 aromatic heterocycles. The third kappa shape index (κ3) is 3.32. The summed E-state index contributed by atoms with van der Waals surface area (Å²) in [5, 5.41) is 2.83. The number of benzene rings is 2. The summed E-state index contributed by atoms with van der Waals surface area (Å²) in [7, 11) is 0. The van der Waals surface area contributed by atoms with E-state index >= 15 is 0 Å². The van der Waals surface area contributed by atoms with Gasteiger partial charge in [-0.2, -0.15) is 0 Å². The van der Waals surface area contributed by atoms with Crippen LogP contribution in [0.1, 0.15) is 27.9 Å². The highest BCUT2D eigenvalue weighted by Gasteiger charge is 2.14. The number of aryl methyl sites for hydroxylation is 1. The van der Waals surface area contributed by atoms with Crippen LogP contribution in [0.5, 0.6) is 11.5 Å². The van der Waals surface area contributed by atoms with Crippen LogP contribution >= 0.6 is 0 Å². The van der Waals surface area contributed by atoms with E-state index in [1.54, 1.807) is 25.1 Å². The first-order valence-electron chi connectivity index (χ1n) is 7.62. The van der Waals surface area contributed by atoms with E-state index in [9.17, 15) is 9.59 Å². The molecule has 24 heavy (non-hydrogen) atoms. The molecule has 0 saturated heterocycles. The predicted octanol–water partition coefficient (Wildman–Crippen LogP) is 2.39. The number of primary amides is 1. The topological polar surface area (TPSA) is 90.7 Å². The molecule has 2 aromatic rings. The molecule has 3 rings (SSSR count). The van der Waals surface area contributed by atoms with Gasteiger partial charge in [0.15, 0.2) is 11.5 Å². The largest absolute Gasteiger partial charge is 0.454 e. The molecule has 0 aliphatic carbocycles. The number of ether oxygens (including phenoxy) is 2. The van der Waals surface area contributed by atoms with Crippen molar-refractivity contribution in [2.45, 2.75) is 19.8 Å². The molecule has 6 heteroatoms. The number of carbonyl (C=O) groups is 2. The molecule has 0 fully saturated rings. The lowest BCUT2D eigenvalue weighted by Crippen LogP contribution is -2.17. The van der Waals surface area contributed by atoms with Crippen LogP contribution in [0, 0.1) is 6.92 Å². The molecule has 6 nitrogen and oxygen atoms in total. The lowest BCUT2D eigenvalue weighted by Gasteiger charge is -2.11. The minimum absolute atomic E-state index is 0.127. The number of nitrogens with two attached hydrogens (primary N) is 1. The average molecular weight is 326 g/mol. The van der Waals surface area contributed by atoms with Crippen LogP contribution in [-0.2, 0) is 11.2 Å².